The van der Waals surface area contributed by atoms with Gasteiger partial charge in [-0.1, -0.05) is 18.2 Å². The first-order chi connectivity index (χ1) is 12.4. The molecule has 0 atom stereocenters. The number of aromatic nitrogens is 2. The zero-order valence-electron chi connectivity index (χ0n) is 14.3. The summed E-state index contributed by atoms with van der Waals surface area (Å²) in [5, 5.41) is 6.90. The molecule has 132 valence electrons. The molecule has 0 radical (unpaired) electrons. The third-order valence-electron chi connectivity index (χ3n) is 4.00. The molecule has 0 saturated carbocycles. The Bertz CT molecular complexity index is 996. The fourth-order valence-electron chi connectivity index (χ4n) is 2.55. The van der Waals surface area contributed by atoms with Gasteiger partial charge >= 0.3 is 0 Å². The highest BCUT2D eigenvalue weighted by Crippen LogP contribution is 2.22. The molecule has 0 aliphatic heterocycles. The number of para-hydroxylation sites is 1. The van der Waals surface area contributed by atoms with Crippen molar-refractivity contribution in [2.24, 2.45) is 5.73 Å². The number of halogens is 1. The normalized spacial score (nSPS) is 10.6. The van der Waals surface area contributed by atoms with E-state index in [4.69, 9.17) is 5.73 Å². The van der Waals surface area contributed by atoms with Crippen LogP contribution in [0.25, 0.3) is 5.69 Å². The Morgan fingerprint density at radius 1 is 1.12 bits per heavy atom. The van der Waals surface area contributed by atoms with Gasteiger partial charge in [0.05, 0.1) is 5.69 Å². The van der Waals surface area contributed by atoms with Gasteiger partial charge in [-0.05, 0) is 44.2 Å². The van der Waals surface area contributed by atoms with Crippen molar-refractivity contribution in [3.63, 3.8) is 0 Å². The first-order valence-electron chi connectivity index (χ1n) is 7.90. The predicted octanol–water partition coefficient (Wildman–Crippen LogP) is 2.98. The van der Waals surface area contributed by atoms with Crippen molar-refractivity contribution in [2.45, 2.75) is 13.8 Å². The summed E-state index contributed by atoms with van der Waals surface area (Å²) in [6.07, 6.45) is 0. The number of anilines is 1. The van der Waals surface area contributed by atoms with E-state index in [-0.39, 0.29) is 22.5 Å². The number of carbonyl (C=O) groups excluding carboxylic acids is 2. The van der Waals surface area contributed by atoms with Crippen molar-refractivity contribution >= 4 is 17.5 Å². The van der Waals surface area contributed by atoms with Crippen LogP contribution in [0.2, 0.25) is 0 Å². The Hall–Kier alpha value is -3.48. The molecule has 0 saturated heterocycles. The smallest absolute Gasteiger partial charge is 0.276 e. The molecule has 3 rings (SSSR count). The van der Waals surface area contributed by atoms with Crippen LogP contribution in [0.1, 0.15) is 32.1 Å². The van der Waals surface area contributed by atoms with Gasteiger partial charge in [0.15, 0.2) is 5.69 Å². The van der Waals surface area contributed by atoms with Gasteiger partial charge in [0.25, 0.3) is 5.91 Å². The summed E-state index contributed by atoms with van der Waals surface area (Å²) in [7, 11) is 0. The number of nitrogens with zero attached hydrogens (tertiary/aromatic N) is 2. The Kier molecular flexibility index (Phi) is 4.53. The molecule has 1 heterocycles. The highest BCUT2D eigenvalue weighted by molar-refractivity contribution is 6.04. The van der Waals surface area contributed by atoms with Gasteiger partial charge in [-0.15, -0.1) is 0 Å². The zero-order chi connectivity index (χ0) is 18.8. The van der Waals surface area contributed by atoms with Crippen molar-refractivity contribution in [3.8, 4) is 5.69 Å². The monoisotopic (exact) mass is 352 g/mol. The molecule has 0 unspecified atom stereocenters. The second kappa shape index (κ2) is 6.79. The average Bonchev–Trinajstić information content (AvgIpc) is 3.01. The molecule has 0 aliphatic carbocycles. The second-order valence-electron chi connectivity index (χ2n) is 5.87. The van der Waals surface area contributed by atoms with Gasteiger partial charge in [0.2, 0.25) is 5.91 Å². The maximum Gasteiger partial charge on any atom is 0.276 e. The molecule has 26 heavy (non-hydrogen) atoms. The SMILES string of the molecule is Cc1c(F)cc(C(N)=O)cc1NC(=O)c1cc(C)n(-c2ccccc2)n1. The van der Waals surface area contributed by atoms with Gasteiger partial charge in [-0.3, -0.25) is 9.59 Å². The lowest BCUT2D eigenvalue weighted by atomic mass is 10.1. The Balaban J connectivity index is 1.91. The number of aryl methyl sites for hydroxylation is 1. The Labute approximate surface area is 149 Å². The number of hydrogen-bond donors (Lipinski definition) is 2. The number of carbonyl (C=O) groups is 2. The van der Waals surface area contributed by atoms with E-state index >= 15 is 0 Å². The van der Waals surface area contributed by atoms with Crippen LogP contribution in [0.4, 0.5) is 10.1 Å². The lowest BCUT2D eigenvalue weighted by Crippen LogP contribution is -2.17. The van der Waals surface area contributed by atoms with Gasteiger partial charge < -0.3 is 11.1 Å². The van der Waals surface area contributed by atoms with E-state index in [0.29, 0.717) is 0 Å². The number of rotatable bonds is 4. The van der Waals surface area contributed by atoms with Crippen molar-refractivity contribution in [1.29, 1.82) is 0 Å². The highest BCUT2D eigenvalue weighted by Gasteiger charge is 2.17. The summed E-state index contributed by atoms with van der Waals surface area (Å²) in [5.74, 6) is -1.90. The van der Waals surface area contributed by atoms with Crippen LogP contribution in [0.15, 0.2) is 48.5 Å². The number of nitrogens with two attached hydrogens (primary N) is 1. The zero-order valence-corrected chi connectivity index (χ0v) is 14.3. The minimum Gasteiger partial charge on any atom is -0.366 e. The van der Waals surface area contributed by atoms with E-state index in [9.17, 15) is 14.0 Å². The quantitative estimate of drug-likeness (QED) is 0.756. The first-order valence-corrected chi connectivity index (χ1v) is 7.90. The number of nitrogens with one attached hydrogen (secondary N) is 1. The van der Waals surface area contributed by atoms with E-state index in [1.54, 1.807) is 10.7 Å². The van der Waals surface area contributed by atoms with Gasteiger partial charge in [0.1, 0.15) is 5.82 Å². The van der Waals surface area contributed by atoms with E-state index in [0.717, 1.165) is 17.4 Å². The highest BCUT2D eigenvalue weighted by atomic mass is 19.1. The standard InChI is InChI=1S/C19H17FN4O2/c1-11-8-17(23-24(11)14-6-4-3-5-7-14)19(26)22-16-10-13(18(21)25)9-15(20)12(16)2/h3-10H,1-2H3,(H2,21,25)(H,22,26). The molecule has 3 N–H and O–H groups in total. The molecule has 2 aromatic carbocycles. The van der Waals surface area contributed by atoms with Crippen LogP contribution in [-0.4, -0.2) is 21.6 Å². The molecule has 2 amide bonds. The molecule has 7 heteroatoms. The van der Waals surface area contributed by atoms with Gasteiger partial charge in [-0.25, -0.2) is 9.07 Å². The predicted molar refractivity (Wildman–Crippen MR) is 95.9 cm³/mol. The molecular weight excluding hydrogens is 335 g/mol. The van der Waals surface area contributed by atoms with E-state index in [1.165, 1.54) is 13.0 Å². The summed E-state index contributed by atoms with van der Waals surface area (Å²) < 4.78 is 15.6. The fraction of sp³-hybridized carbons (Fsp3) is 0.105. The molecule has 0 fully saturated rings. The van der Waals surface area contributed by atoms with Gasteiger partial charge in [0, 0.05) is 22.5 Å². The van der Waals surface area contributed by atoms with Crippen LogP contribution >= 0.6 is 0 Å². The minimum absolute atomic E-state index is 0.0191. The largest absolute Gasteiger partial charge is 0.366 e. The third-order valence-corrected chi connectivity index (χ3v) is 4.00. The lowest BCUT2D eigenvalue weighted by Gasteiger charge is -2.10. The van der Waals surface area contributed by atoms with Crippen LogP contribution < -0.4 is 11.1 Å². The summed E-state index contributed by atoms with van der Waals surface area (Å²) in [6, 6.07) is 13.4. The molecular formula is C19H17FN4O2. The fourth-order valence-corrected chi connectivity index (χ4v) is 2.55. The molecule has 1 aromatic heterocycles. The van der Waals surface area contributed by atoms with Crippen LogP contribution in [0.3, 0.4) is 0 Å². The van der Waals surface area contributed by atoms with Crippen molar-refractivity contribution in [3.05, 3.63) is 76.9 Å². The number of amides is 2. The topological polar surface area (TPSA) is 90.0 Å². The van der Waals surface area contributed by atoms with E-state index < -0.39 is 17.6 Å². The van der Waals surface area contributed by atoms with Crippen LogP contribution in [0.5, 0.6) is 0 Å². The summed E-state index contributed by atoms with van der Waals surface area (Å²) in [4.78, 5) is 23.8. The van der Waals surface area contributed by atoms with E-state index in [2.05, 4.69) is 10.4 Å². The van der Waals surface area contributed by atoms with Crippen LogP contribution in [-0.2, 0) is 0 Å². The van der Waals surface area contributed by atoms with Crippen LogP contribution in [0, 0.1) is 19.7 Å². The summed E-state index contributed by atoms with van der Waals surface area (Å²) in [5.41, 5.74) is 7.34. The molecule has 0 bridgehead atoms. The number of hydrogen-bond acceptors (Lipinski definition) is 3. The van der Waals surface area contributed by atoms with Crippen molar-refractivity contribution in [2.75, 3.05) is 5.32 Å². The van der Waals surface area contributed by atoms with Crippen molar-refractivity contribution in [1.82, 2.24) is 9.78 Å². The van der Waals surface area contributed by atoms with Gasteiger partial charge in [-0.2, -0.15) is 5.10 Å². The summed E-state index contributed by atoms with van der Waals surface area (Å²) in [6.45, 7) is 3.33. The maximum atomic E-state index is 14.0. The molecule has 6 nitrogen and oxygen atoms in total. The lowest BCUT2D eigenvalue weighted by molar-refractivity contribution is 0.0995. The molecule has 0 aliphatic rings. The third kappa shape index (κ3) is 3.32. The number of primary amides is 1. The summed E-state index contributed by atoms with van der Waals surface area (Å²) >= 11 is 0. The maximum absolute atomic E-state index is 14.0. The molecule has 0 spiro atoms. The molecule has 3 aromatic rings. The van der Waals surface area contributed by atoms with E-state index in [1.807, 2.05) is 37.3 Å². The first kappa shape index (κ1) is 17.3. The second-order valence-corrected chi connectivity index (χ2v) is 5.87. The number of benzene rings is 2. The minimum atomic E-state index is -0.774. The Morgan fingerprint density at radius 3 is 2.46 bits per heavy atom. The van der Waals surface area contributed by atoms with Crippen molar-refractivity contribution < 1.29 is 14.0 Å². The Morgan fingerprint density at radius 2 is 1.81 bits per heavy atom. The average molecular weight is 352 g/mol.